The molecule has 9 heavy (non-hydrogen) atoms. The molecule has 53 valence electrons. The van der Waals surface area contributed by atoms with Crippen LogP contribution in [0.4, 0.5) is 0 Å². The summed E-state index contributed by atoms with van der Waals surface area (Å²) in [5.74, 6) is 6.79. The highest BCUT2D eigenvalue weighted by atomic mass is 16.6. The van der Waals surface area contributed by atoms with Gasteiger partial charge in [-0.3, -0.25) is 4.84 Å². The van der Waals surface area contributed by atoms with Gasteiger partial charge in [0.1, 0.15) is 0 Å². The lowest BCUT2D eigenvalue weighted by Crippen LogP contribution is -2.30. The minimum atomic E-state index is -0.113. The summed E-state index contributed by atoms with van der Waals surface area (Å²) in [6.45, 7) is 2.03. The molecule has 0 spiro atoms. The molecule has 0 aromatic rings. The Bertz CT molecular complexity index is 86.9. The maximum absolute atomic E-state index is 6.79. The van der Waals surface area contributed by atoms with Crippen LogP contribution in [0.2, 0.25) is 0 Å². The Morgan fingerprint density at radius 1 is 1.22 bits per heavy atom. The third-order valence-corrected chi connectivity index (χ3v) is 2.16. The van der Waals surface area contributed by atoms with Gasteiger partial charge in [0.05, 0.1) is 5.60 Å². The van der Waals surface area contributed by atoms with Crippen LogP contribution in [0.5, 0.6) is 0 Å². The first kappa shape index (κ1) is 7.03. The Hall–Kier alpha value is -0.0800. The van der Waals surface area contributed by atoms with Crippen molar-refractivity contribution in [3.05, 3.63) is 0 Å². The molecule has 2 nitrogen and oxygen atoms in total. The molecule has 0 amide bonds. The molecule has 0 bridgehead atoms. The first-order chi connectivity index (χ1) is 4.27. The predicted molar refractivity (Wildman–Crippen MR) is 35.7 cm³/mol. The normalized spacial score (nSPS) is 26.0. The van der Waals surface area contributed by atoms with Crippen LogP contribution >= 0.6 is 0 Å². The smallest absolute Gasteiger partial charge is 0.0886 e. The van der Waals surface area contributed by atoms with Crippen molar-refractivity contribution in [1.82, 2.24) is 5.90 Å². The van der Waals surface area contributed by atoms with Crippen molar-refractivity contribution in [2.24, 2.45) is 0 Å². The lowest BCUT2D eigenvalue weighted by molar-refractivity contribution is -0.0702. The number of hydrogen-bond acceptors (Lipinski definition) is 1. The molecule has 1 aliphatic carbocycles. The average molecular weight is 128 g/mol. The van der Waals surface area contributed by atoms with Gasteiger partial charge in [0.15, 0.2) is 0 Å². The largest absolute Gasteiger partial charge is 0.279 e. The van der Waals surface area contributed by atoms with Crippen LogP contribution in [0.1, 0.15) is 39.0 Å². The summed E-state index contributed by atoms with van der Waals surface area (Å²) in [7, 11) is 0. The van der Waals surface area contributed by atoms with Crippen LogP contribution in [0.3, 0.4) is 0 Å². The number of hydrogen-bond donors (Lipinski definition) is 0. The van der Waals surface area contributed by atoms with E-state index in [0.717, 1.165) is 12.8 Å². The maximum atomic E-state index is 6.79. The van der Waals surface area contributed by atoms with Gasteiger partial charge in [-0.2, -0.15) is 0 Å². The zero-order chi connectivity index (χ0) is 6.74. The SMILES string of the molecule is CC1(O[NH])CCCCC1. The summed E-state index contributed by atoms with van der Waals surface area (Å²) >= 11 is 0. The highest BCUT2D eigenvalue weighted by Gasteiger charge is 2.26. The third kappa shape index (κ3) is 1.66. The van der Waals surface area contributed by atoms with Gasteiger partial charge < -0.3 is 0 Å². The van der Waals surface area contributed by atoms with Gasteiger partial charge in [-0.25, -0.2) is 0 Å². The predicted octanol–water partition coefficient (Wildman–Crippen LogP) is 1.92. The van der Waals surface area contributed by atoms with Gasteiger partial charge in [-0.1, -0.05) is 19.3 Å². The van der Waals surface area contributed by atoms with E-state index in [-0.39, 0.29) is 5.60 Å². The molecule has 0 unspecified atom stereocenters. The second-order valence-corrected chi connectivity index (χ2v) is 3.11. The van der Waals surface area contributed by atoms with Crippen molar-refractivity contribution in [2.45, 2.75) is 44.6 Å². The summed E-state index contributed by atoms with van der Waals surface area (Å²) < 4.78 is 0. The molecule has 1 fully saturated rings. The number of rotatable bonds is 1. The molecule has 1 rings (SSSR count). The van der Waals surface area contributed by atoms with Gasteiger partial charge in [-0.05, 0) is 19.8 Å². The molecule has 2 heteroatoms. The van der Waals surface area contributed by atoms with Gasteiger partial charge in [0.2, 0.25) is 0 Å². The van der Waals surface area contributed by atoms with Crippen LogP contribution < -0.4 is 5.90 Å². The Balaban J connectivity index is 2.37. The quantitative estimate of drug-likeness (QED) is 0.496. The van der Waals surface area contributed by atoms with E-state index in [9.17, 15) is 0 Å². The minimum absolute atomic E-state index is 0.113. The highest BCUT2D eigenvalue weighted by Crippen LogP contribution is 2.29. The van der Waals surface area contributed by atoms with Gasteiger partial charge >= 0.3 is 0 Å². The fourth-order valence-corrected chi connectivity index (χ4v) is 1.40. The van der Waals surface area contributed by atoms with Crippen molar-refractivity contribution in [3.63, 3.8) is 0 Å². The molecule has 1 radical (unpaired) electrons. The van der Waals surface area contributed by atoms with E-state index < -0.39 is 0 Å². The standard InChI is InChI=1S/C7H14NO/c1-7(9-8)5-3-2-4-6-7/h8H,2-6H2,1H3. The molecule has 0 aromatic heterocycles. The zero-order valence-corrected chi connectivity index (χ0v) is 5.94. The Morgan fingerprint density at radius 3 is 2.11 bits per heavy atom. The van der Waals surface area contributed by atoms with Crippen molar-refractivity contribution >= 4 is 0 Å². The molecule has 0 aromatic carbocycles. The molecular formula is C7H14NO. The van der Waals surface area contributed by atoms with Crippen LogP contribution in [-0.4, -0.2) is 5.60 Å². The van der Waals surface area contributed by atoms with Crippen molar-refractivity contribution in [2.75, 3.05) is 0 Å². The fraction of sp³-hybridized carbons (Fsp3) is 1.00. The summed E-state index contributed by atoms with van der Waals surface area (Å²) in [6, 6.07) is 0. The van der Waals surface area contributed by atoms with E-state index in [4.69, 9.17) is 5.90 Å². The molecule has 1 N–H and O–H groups in total. The Kier molecular flexibility index (Phi) is 2.09. The average Bonchev–Trinajstić information content (AvgIpc) is 1.90. The molecule has 0 saturated heterocycles. The molecular weight excluding hydrogens is 114 g/mol. The summed E-state index contributed by atoms with van der Waals surface area (Å²) in [4.78, 5) is 4.63. The molecule has 0 aliphatic heterocycles. The molecule has 1 aliphatic rings. The van der Waals surface area contributed by atoms with E-state index in [2.05, 4.69) is 4.84 Å². The zero-order valence-electron chi connectivity index (χ0n) is 5.94. The summed E-state index contributed by atoms with van der Waals surface area (Å²) in [5.41, 5.74) is -0.113. The van der Waals surface area contributed by atoms with E-state index in [0.29, 0.717) is 0 Å². The van der Waals surface area contributed by atoms with E-state index in [1.807, 2.05) is 6.92 Å². The minimum Gasteiger partial charge on any atom is -0.279 e. The molecule has 0 atom stereocenters. The molecule has 1 saturated carbocycles. The summed E-state index contributed by atoms with van der Waals surface area (Å²) in [6.07, 6.45) is 5.91. The van der Waals surface area contributed by atoms with Crippen molar-refractivity contribution in [3.8, 4) is 0 Å². The Morgan fingerprint density at radius 2 is 1.78 bits per heavy atom. The van der Waals surface area contributed by atoms with Crippen LogP contribution in [-0.2, 0) is 4.84 Å². The second-order valence-electron chi connectivity index (χ2n) is 3.11. The Labute approximate surface area is 56.3 Å². The third-order valence-electron chi connectivity index (χ3n) is 2.16. The highest BCUT2D eigenvalue weighted by molar-refractivity contribution is 4.77. The maximum Gasteiger partial charge on any atom is 0.0886 e. The number of nitrogens with one attached hydrogen (secondary N) is 1. The van der Waals surface area contributed by atoms with Crippen molar-refractivity contribution < 1.29 is 4.84 Å². The lowest BCUT2D eigenvalue weighted by Gasteiger charge is -2.30. The monoisotopic (exact) mass is 128 g/mol. The first-order valence-electron chi connectivity index (χ1n) is 3.62. The molecule has 0 heterocycles. The van der Waals surface area contributed by atoms with Crippen LogP contribution in [0.15, 0.2) is 0 Å². The topological polar surface area (TPSA) is 33.0 Å². The van der Waals surface area contributed by atoms with Gasteiger partial charge in [0, 0.05) is 0 Å². The van der Waals surface area contributed by atoms with Gasteiger partial charge in [0.25, 0.3) is 0 Å². The van der Waals surface area contributed by atoms with E-state index >= 15 is 0 Å². The first-order valence-corrected chi connectivity index (χ1v) is 3.62. The van der Waals surface area contributed by atoms with Gasteiger partial charge in [-0.15, -0.1) is 5.90 Å². The van der Waals surface area contributed by atoms with E-state index in [1.165, 1.54) is 19.3 Å². The summed E-state index contributed by atoms with van der Waals surface area (Å²) in [5, 5.41) is 0. The van der Waals surface area contributed by atoms with Crippen molar-refractivity contribution in [1.29, 1.82) is 0 Å². The lowest BCUT2D eigenvalue weighted by atomic mass is 9.87. The van der Waals surface area contributed by atoms with Crippen LogP contribution in [0.25, 0.3) is 0 Å². The second kappa shape index (κ2) is 2.67. The van der Waals surface area contributed by atoms with E-state index in [1.54, 1.807) is 0 Å². The van der Waals surface area contributed by atoms with Crippen LogP contribution in [0, 0.1) is 0 Å². The fourth-order valence-electron chi connectivity index (χ4n) is 1.40.